The molecule has 0 aromatic carbocycles. The van der Waals surface area contributed by atoms with Gasteiger partial charge in [0.15, 0.2) is 44.0 Å². The number of aliphatic hydroxyl groups is 13. The third-order valence-corrected chi connectivity index (χ3v) is 24.3. The Labute approximate surface area is 565 Å². The van der Waals surface area contributed by atoms with Crippen LogP contribution in [0.5, 0.6) is 0 Å². The van der Waals surface area contributed by atoms with Gasteiger partial charge in [-0.2, -0.15) is 0 Å². The van der Waals surface area contributed by atoms with Crippen molar-refractivity contribution in [3.8, 4) is 0 Å². The highest BCUT2D eigenvalue weighted by Gasteiger charge is 2.80. The molecule has 4 saturated carbocycles. The maximum absolute atomic E-state index is 12.8. The average molecular weight is 1400 g/mol. The van der Waals surface area contributed by atoms with Crippen LogP contribution in [0.1, 0.15) is 132 Å². The molecule has 0 amide bonds. The number of ether oxygens (including phenoxy) is 17. The maximum Gasteiger partial charge on any atom is 0.187 e. The summed E-state index contributed by atoms with van der Waals surface area (Å²) in [6.45, 7) is 12.3. The zero-order chi connectivity index (χ0) is 70.3. The van der Waals surface area contributed by atoms with E-state index >= 15 is 0 Å². The Morgan fingerprint density at radius 2 is 0.866 bits per heavy atom. The number of Topliss-reactive ketones (excluding diaryl/α,β-unsaturated/α-hetero) is 1. The van der Waals surface area contributed by atoms with Crippen molar-refractivity contribution in [3.05, 3.63) is 0 Å². The van der Waals surface area contributed by atoms with Gasteiger partial charge in [0.2, 0.25) is 0 Å². The molecule has 11 aliphatic rings. The molecule has 0 aromatic heterocycles. The normalized spacial score (nSPS) is 55.1. The molecule has 31 nitrogen and oxygen atoms in total. The van der Waals surface area contributed by atoms with E-state index in [1.54, 1.807) is 41.5 Å². The SMILES string of the molecule is CO[C@H]1C[C@H](O[C@H]2[C@H](O)C[C@H](O[C@H]3[C@H](O)C[C@H](O[C@H]4[C@@H](OC)C[C@H](O[C@H]5[C@@H](OC)C[C@H](O[C@H]6[C@H](O)[C@@H](O)[C@H](O[C@H]7[C@H](O)[C@@H](O)[C@H](O[C@H]8CC[C@@]9(C)[C@@H](CC[C@]%10(O)[C@@H]9CC[C@]9(C)[C@@H](C(C)=O)[C@H](O)[C@@H](O)[C@@]9%10O)C8)O[C@@H]7CO)O[C@@H]6CO)O[C@@H]5C)O[C@@H]4C)O[C@@H]3C)O[C@@H]2C)O[C@H](C)[C@H]1O. The van der Waals surface area contributed by atoms with E-state index in [9.17, 15) is 71.2 Å². The maximum atomic E-state index is 12.8. The summed E-state index contributed by atoms with van der Waals surface area (Å²) in [5.74, 6) is -2.01. The van der Waals surface area contributed by atoms with Crippen LogP contribution in [0.25, 0.3) is 0 Å². The third-order valence-electron chi connectivity index (χ3n) is 24.3. The summed E-state index contributed by atoms with van der Waals surface area (Å²) in [6, 6.07) is 0. The second-order valence-corrected chi connectivity index (χ2v) is 30.0. The number of fused-ring (bicyclic) bond motifs is 5. The molecule has 11 fully saturated rings. The van der Waals surface area contributed by atoms with E-state index < -0.39 is 250 Å². The molecule has 7 aliphatic heterocycles. The third kappa shape index (κ3) is 14.2. The summed E-state index contributed by atoms with van der Waals surface area (Å²) in [4.78, 5) is 12.8. The molecule has 0 unspecified atom stereocenters. The highest BCUT2D eigenvalue weighted by molar-refractivity contribution is 5.81. The lowest BCUT2D eigenvalue weighted by Gasteiger charge is -2.67. The summed E-state index contributed by atoms with van der Waals surface area (Å²) >= 11 is 0. The molecule has 0 aromatic rings. The Kier molecular flexibility index (Phi) is 24.1. The van der Waals surface area contributed by atoms with Gasteiger partial charge in [0.25, 0.3) is 0 Å². The number of ketones is 1. The minimum Gasteiger partial charge on any atom is -0.394 e. The van der Waals surface area contributed by atoms with Crippen molar-refractivity contribution in [3.63, 3.8) is 0 Å². The number of rotatable bonds is 20. The summed E-state index contributed by atoms with van der Waals surface area (Å²) in [5, 5.41) is 148. The van der Waals surface area contributed by atoms with Crippen LogP contribution in [0.3, 0.4) is 0 Å². The minimum atomic E-state index is -2.16. The van der Waals surface area contributed by atoms with Gasteiger partial charge in [0, 0.05) is 58.8 Å². The van der Waals surface area contributed by atoms with Gasteiger partial charge in [-0.05, 0) is 104 Å². The number of methoxy groups -OCH3 is 3. The molecule has 40 atom stereocenters. The minimum absolute atomic E-state index is 0.0269. The van der Waals surface area contributed by atoms with Gasteiger partial charge >= 0.3 is 0 Å². The molecule has 11 rings (SSSR count). The van der Waals surface area contributed by atoms with Gasteiger partial charge in [-0.15, -0.1) is 0 Å². The van der Waals surface area contributed by atoms with Gasteiger partial charge in [0.1, 0.15) is 96.8 Å². The summed E-state index contributed by atoms with van der Waals surface area (Å²) in [6.07, 6.45) is -32.2. The van der Waals surface area contributed by atoms with Crippen LogP contribution >= 0.6 is 0 Å². The zero-order valence-corrected chi connectivity index (χ0v) is 57.3. The first-order valence-corrected chi connectivity index (χ1v) is 34.9. The van der Waals surface area contributed by atoms with Crippen molar-refractivity contribution >= 4 is 5.78 Å². The van der Waals surface area contributed by atoms with Crippen LogP contribution in [0, 0.1) is 28.6 Å². The van der Waals surface area contributed by atoms with E-state index in [-0.39, 0.29) is 50.2 Å². The molecule has 4 aliphatic carbocycles. The summed E-state index contributed by atoms with van der Waals surface area (Å²) < 4.78 is 104. The van der Waals surface area contributed by atoms with Crippen LogP contribution in [0.2, 0.25) is 0 Å². The van der Waals surface area contributed by atoms with Gasteiger partial charge < -0.3 is 147 Å². The lowest BCUT2D eigenvalue weighted by Crippen LogP contribution is -2.76. The Morgan fingerprint density at radius 1 is 0.443 bits per heavy atom. The molecule has 13 N–H and O–H groups in total. The molecule has 7 saturated heterocycles. The van der Waals surface area contributed by atoms with E-state index in [4.69, 9.17) is 80.5 Å². The van der Waals surface area contributed by atoms with Crippen molar-refractivity contribution in [2.75, 3.05) is 34.5 Å². The van der Waals surface area contributed by atoms with Crippen LogP contribution < -0.4 is 0 Å². The van der Waals surface area contributed by atoms with Gasteiger partial charge in [0.05, 0.1) is 98.0 Å². The topological polar surface area (TPSA) is 437 Å². The predicted molar refractivity (Wildman–Crippen MR) is 326 cm³/mol. The van der Waals surface area contributed by atoms with Crippen molar-refractivity contribution < 1.29 is 152 Å². The van der Waals surface area contributed by atoms with E-state index in [1.807, 2.05) is 6.92 Å². The molecular formula is C66H110O31. The summed E-state index contributed by atoms with van der Waals surface area (Å²) in [7, 11) is 4.52. The fourth-order valence-corrected chi connectivity index (χ4v) is 19.0. The molecule has 0 radical (unpaired) electrons. The van der Waals surface area contributed by atoms with Crippen LogP contribution in [0.15, 0.2) is 0 Å². The Hall–Kier alpha value is -1.53. The Morgan fingerprint density at radius 3 is 1.33 bits per heavy atom. The van der Waals surface area contributed by atoms with Gasteiger partial charge in [-0.25, -0.2) is 0 Å². The molecule has 560 valence electrons. The largest absolute Gasteiger partial charge is 0.394 e. The highest BCUT2D eigenvalue weighted by atomic mass is 16.8. The monoisotopic (exact) mass is 1400 g/mol. The lowest BCUT2D eigenvalue weighted by atomic mass is 9.41. The number of carbonyl (C=O) groups excluding carboxylic acids is 1. The first-order valence-electron chi connectivity index (χ1n) is 34.9. The average Bonchev–Trinajstić information content (AvgIpc) is 1.60. The molecule has 7 heterocycles. The van der Waals surface area contributed by atoms with Crippen LogP contribution in [-0.2, 0) is 85.3 Å². The first kappa shape index (κ1) is 76.6. The van der Waals surface area contributed by atoms with E-state index in [0.717, 1.165) is 0 Å². The van der Waals surface area contributed by atoms with Gasteiger partial charge in [-0.1, -0.05) is 13.8 Å². The standard InChI is InChI=1S/C66H110O31/c1-26(69)47-49(73)60(78)66(80)64(47,8)16-14-41-63(7)15-13-33(18-32(63)12-17-65(41,66)79)89-61-52(76)51(75)59(40(25-68)90-61)97-62-53(77)50(74)58(39(24-67)91-62)96-46-23-38(83-11)57(31(6)88-46)95-45-22-37(82-10)56(30(5)87-45)94-43-20-35(71)54(28(3)86-43)92-42-19-34(70)55(29(4)85-42)93-44-21-36(81-9)48(72)27(2)84-44/h27-62,67-68,70-80H,12-25H2,1-11H3/t27-,28-,29-,30-,31-,32+,33+,34-,35-,36+,37+,38+,39-,40-,41-,42+,43+,44+,45+,46+,47+,48-,49+,50-,51-,52-,53-,54-,55-,56-,57-,58-,59-,60-,61-,62+,63+,64-,65+,66-/m1/s1. The Balaban J connectivity index is 0.631. The van der Waals surface area contributed by atoms with Crippen molar-refractivity contribution in [2.24, 2.45) is 28.6 Å². The van der Waals surface area contributed by atoms with Gasteiger partial charge in [-0.3, -0.25) is 4.79 Å². The molecule has 0 spiro atoms. The lowest BCUT2D eigenvalue weighted by molar-refractivity contribution is -0.378. The molecule has 31 heteroatoms. The predicted octanol–water partition coefficient (Wildman–Crippen LogP) is -2.22. The van der Waals surface area contributed by atoms with Crippen molar-refractivity contribution in [2.45, 2.75) is 346 Å². The smallest absolute Gasteiger partial charge is 0.187 e. The quantitative estimate of drug-likeness (QED) is 0.0574. The number of carbonyl (C=O) groups is 1. The van der Waals surface area contributed by atoms with E-state index in [0.29, 0.717) is 38.5 Å². The number of hydrogen-bond donors (Lipinski definition) is 13. The fraction of sp³-hybridized carbons (Fsp3) is 0.985. The van der Waals surface area contributed by atoms with Crippen LogP contribution in [0.4, 0.5) is 0 Å². The first-order chi connectivity index (χ1) is 45.9. The number of aliphatic hydroxyl groups excluding tert-OH is 11. The summed E-state index contributed by atoms with van der Waals surface area (Å²) in [5.41, 5.74) is -5.81. The van der Waals surface area contributed by atoms with E-state index in [1.165, 1.54) is 28.3 Å². The zero-order valence-electron chi connectivity index (χ0n) is 57.3. The highest BCUT2D eigenvalue weighted by Crippen LogP contribution is 2.71. The molecule has 0 bridgehead atoms. The second kappa shape index (κ2) is 30.5. The van der Waals surface area contributed by atoms with E-state index in [2.05, 4.69) is 0 Å². The molecular weight excluding hydrogens is 1290 g/mol. The molecule has 97 heavy (non-hydrogen) atoms. The van der Waals surface area contributed by atoms with Crippen LogP contribution in [-0.4, -0.2) is 321 Å². The number of hydrogen-bond acceptors (Lipinski definition) is 31. The van der Waals surface area contributed by atoms with Crippen molar-refractivity contribution in [1.29, 1.82) is 0 Å². The Bertz CT molecular complexity index is 2560. The van der Waals surface area contributed by atoms with Crippen molar-refractivity contribution in [1.82, 2.24) is 0 Å². The fourth-order valence-electron chi connectivity index (χ4n) is 19.0. The second-order valence-electron chi connectivity index (χ2n) is 30.0.